The second kappa shape index (κ2) is 10.6. The van der Waals surface area contributed by atoms with Gasteiger partial charge in [0.05, 0.1) is 7.11 Å². The molecule has 1 fully saturated rings. The van der Waals surface area contributed by atoms with E-state index in [1.165, 1.54) is 6.42 Å². The van der Waals surface area contributed by atoms with Crippen LogP contribution in [0.2, 0.25) is 0 Å². The van der Waals surface area contributed by atoms with Crippen molar-refractivity contribution in [3.8, 4) is 5.75 Å². The largest absolute Gasteiger partial charge is 0.496 e. The highest BCUT2D eigenvalue weighted by Crippen LogP contribution is 2.21. The molecule has 0 saturated carbocycles. The summed E-state index contributed by atoms with van der Waals surface area (Å²) in [5, 5.41) is 6.58. The summed E-state index contributed by atoms with van der Waals surface area (Å²) in [6, 6.07) is 8.18. The van der Waals surface area contributed by atoms with Crippen molar-refractivity contribution in [2.24, 2.45) is 11.8 Å². The Morgan fingerprint density at radius 2 is 2.12 bits per heavy atom. The van der Waals surface area contributed by atoms with Gasteiger partial charge in [0.1, 0.15) is 5.75 Å². The lowest BCUT2D eigenvalue weighted by molar-refractivity contribution is -0.122. The van der Waals surface area contributed by atoms with Crippen LogP contribution in [0, 0.1) is 11.8 Å². The molecule has 4 nitrogen and oxygen atoms in total. The molecule has 24 heavy (non-hydrogen) atoms. The van der Waals surface area contributed by atoms with E-state index >= 15 is 0 Å². The second-order valence-electron chi connectivity index (χ2n) is 6.83. The zero-order valence-corrected chi connectivity index (χ0v) is 15.8. The van der Waals surface area contributed by atoms with E-state index in [1.807, 2.05) is 18.2 Å². The highest BCUT2D eigenvalue weighted by atomic mass is 35.5. The molecule has 0 spiro atoms. The summed E-state index contributed by atoms with van der Waals surface area (Å²) < 4.78 is 5.43. The first kappa shape index (κ1) is 20.8. The number of ether oxygens (including phenoxy) is 1. The van der Waals surface area contributed by atoms with Crippen LogP contribution >= 0.6 is 12.4 Å². The zero-order chi connectivity index (χ0) is 16.7. The van der Waals surface area contributed by atoms with Gasteiger partial charge in [-0.1, -0.05) is 32.0 Å². The predicted molar refractivity (Wildman–Crippen MR) is 101 cm³/mol. The smallest absolute Gasteiger partial charge is 0.220 e. The van der Waals surface area contributed by atoms with E-state index in [4.69, 9.17) is 4.74 Å². The average Bonchev–Trinajstić information content (AvgIpc) is 3.06. The fourth-order valence-electron chi connectivity index (χ4n) is 3.14. The van der Waals surface area contributed by atoms with Crippen LogP contribution < -0.4 is 15.4 Å². The number of nitrogens with one attached hydrogen (secondary N) is 2. The molecule has 1 aliphatic rings. The van der Waals surface area contributed by atoms with Gasteiger partial charge in [-0.2, -0.15) is 0 Å². The summed E-state index contributed by atoms with van der Waals surface area (Å²) in [5.41, 5.74) is 1.15. The zero-order valence-electron chi connectivity index (χ0n) is 15.0. The Kier molecular flexibility index (Phi) is 9.16. The van der Waals surface area contributed by atoms with Gasteiger partial charge in [-0.3, -0.25) is 4.79 Å². The Morgan fingerprint density at radius 1 is 1.38 bits per heavy atom. The Hall–Kier alpha value is -1.26. The van der Waals surface area contributed by atoms with Crippen LogP contribution in [0.25, 0.3) is 0 Å². The Morgan fingerprint density at radius 3 is 2.75 bits per heavy atom. The number of hydrogen-bond acceptors (Lipinski definition) is 3. The first-order valence-electron chi connectivity index (χ1n) is 8.72. The maximum absolute atomic E-state index is 12.3. The first-order valence-corrected chi connectivity index (χ1v) is 8.72. The number of hydrogen-bond donors (Lipinski definition) is 2. The van der Waals surface area contributed by atoms with Gasteiger partial charge in [-0.05, 0) is 55.8 Å². The minimum absolute atomic E-state index is 0. The molecule has 0 bridgehead atoms. The molecule has 0 aromatic heterocycles. The molecule has 1 aliphatic heterocycles. The summed E-state index contributed by atoms with van der Waals surface area (Å²) in [4.78, 5) is 12.3. The number of para-hydroxylation sites is 1. The third kappa shape index (κ3) is 6.33. The van der Waals surface area contributed by atoms with Gasteiger partial charge in [0.2, 0.25) is 5.91 Å². The summed E-state index contributed by atoms with van der Waals surface area (Å²) in [5.74, 6) is 2.11. The van der Waals surface area contributed by atoms with Crippen LogP contribution in [0.4, 0.5) is 0 Å². The number of halogens is 1. The van der Waals surface area contributed by atoms with Gasteiger partial charge < -0.3 is 15.4 Å². The van der Waals surface area contributed by atoms with Crippen LogP contribution in [0.1, 0.15) is 38.7 Å². The van der Waals surface area contributed by atoms with Crippen molar-refractivity contribution in [1.82, 2.24) is 10.6 Å². The molecule has 0 radical (unpaired) electrons. The van der Waals surface area contributed by atoms with Gasteiger partial charge >= 0.3 is 0 Å². The van der Waals surface area contributed by atoms with E-state index in [2.05, 4.69) is 30.5 Å². The number of methoxy groups -OCH3 is 1. The second-order valence-corrected chi connectivity index (χ2v) is 6.83. The predicted octanol–water partition coefficient (Wildman–Crippen LogP) is 3.19. The fourth-order valence-corrected chi connectivity index (χ4v) is 3.14. The van der Waals surface area contributed by atoms with Crippen LogP contribution in [0.15, 0.2) is 24.3 Å². The number of benzene rings is 1. The van der Waals surface area contributed by atoms with Crippen LogP contribution in [-0.4, -0.2) is 32.1 Å². The molecule has 1 amide bonds. The summed E-state index contributed by atoms with van der Waals surface area (Å²) in [6.45, 7) is 6.46. The normalized spacial score (nSPS) is 18.1. The Labute approximate surface area is 152 Å². The van der Waals surface area contributed by atoms with Crippen molar-refractivity contribution in [2.45, 2.75) is 45.6 Å². The maximum Gasteiger partial charge on any atom is 0.220 e. The molecule has 1 saturated heterocycles. The fraction of sp³-hybridized carbons (Fsp3) is 0.632. The molecule has 1 aromatic carbocycles. The minimum atomic E-state index is 0. The van der Waals surface area contributed by atoms with Gasteiger partial charge in [-0.15, -0.1) is 12.4 Å². The van der Waals surface area contributed by atoms with E-state index in [0.717, 1.165) is 37.2 Å². The molecule has 2 atom stereocenters. The summed E-state index contributed by atoms with van der Waals surface area (Å²) in [6.07, 6.45) is 3.61. The van der Waals surface area contributed by atoms with E-state index in [-0.39, 0.29) is 24.4 Å². The maximum atomic E-state index is 12.3. The van der Waals surface area contributed by atoms with Gasteiger partial charge in [0.25, 0.3) is 0 Å². The third-order valence-corrected chi connectivity index (χ3v) is 4.73. The molecule has 1 aromatic rings. The molecular formula is C19H31ClN2O2. The molecule has 1 heterocycles. The van der Waals surface area contributed by atoms with Crippen molar-refractivity contribution in [2.75, 3.05) is 20.2 Å². The molecule has 2 rings (SSSR count). The monoisotopic (exact) mass is 354 g/mol. The average molecular weight is 355 g/mol. The molecule has 0 aliphatic carbocycles. The van der Waals surface area contributed by atoms with Gasteiger partial charge in [0.15, 0.2) is 0 Å². The van der Waals surface area contributed by atoms with Crippen molar-refractivity contribution in [3.05, 3.63) is 29.8 Å². The van der Waals surface area contributed by atoms with Gasteiger partial charge in [0, 0.05) is 12.5 Å². The topological polar surface area (TPSA) is 50.4 Å². The van der Waals surface area contributed by atoms with E-state index < -0.39 is 0 Å². The number of amides is 1. The highest BCUT2D eigenvalue weighted by molar-refractivity contribution is 5.85. The summed E-state index contributed by atoms with van der Waals surface area (Å²) >= 11 is 0. The number of rotatable bonds is 8. The van der Waals surface area contributed by atoms with Crippen molar-refractivity contribution >= 4 is 18.3 Å². The van der Waals surface area contributed by atoms with Crippen LogP contribution in [0.5, 0.6) is 5.75 Å². The van der Waals surface area contributed by atoms with Crippen molar-refractivity contribution < 1.29 is 9.53 Å². The Bertz CT molecular complexity index is 502. The van der Waals surface area contributed by atoms with E-state index in [9.17, 15) is 4.79 Å². The van der Waals surface area contributed by atoms with E-state index in [0.29, 0.717) is 18.3 Å². The lowest BCUT2D eigenvalue weighted by Gasteiger charge is -2.24. The lowest BCUT2D eigenvalue weighted by Crippen LogP contribution is -2.40. The Balaban J connectivity index is 0.00000288. The molecule has 136 valence electrons. The first-order chi connectivity index (χ1) is 11.1. The molecule has 2 unspecified atom stereocenters. The SMILES string of the molecule is COc1ccccc1CC(NC(=O)CCC1CCNC1)C(C)C.Cl. The number of carbonyl (C=O) groups excluding carboxylic acids is 1. The molecular weight excluding hydrogens is 324 g/mol. The molecule has 2 N–H and O–H groups in total. The standard InChI is InChI=1S/C19H30N2O2.ClH/c1-14(2)17(12-16-6-4-5-7-18(16)23-3)21-19(22)9-8-15-10-11-20-13-15;/h4-7,14-15,17,20H,8-13H2,1-3H3,(H,21,22);1H. The third-order valence-electron chi connectivity index (χ3n) is 4.73. The number of carbonyl (C=O) groups is 1. The van der Waals surface area contributed by atoms with Crippen molar-refractivity contribution in [1.29, 1.82) is 0 Å². The summed E-state index contributed by atoms with van der Waals surface area (Å²) in [7, 11) is 1.69. The highest BCUT2D eigenvalue weighted by Gasteiger charge is 2.20. The van der Waals surface area contributed by atoms with Crippen LogP contribution in [0.3, 0.4) is 0 Å². The minimum Gasteiger partial charge on any atom is -0.496 e. The van der Waals surface area contributed by atoms with E-state index in [1.54, 1.807) is 7.11 Å². The van der Waals surface area contributed by atoms with Crippen LogP contribution in [-0.2, 0) is 11.2 Å². The lowest BCUT2D eigenvalue weighted by atomic mass is 9.95. The van der Waals surface area contributed by atoms with Gasteiger partial charge in [-0.25, -0.2) is 0 Å². The quantitative estimate of drug-likeness (QED) is 0.753. The van der Waals surface area contributed by atoms with Crippen molar-refractivity contribution in [3.63, 3.8) is 0 Å². The molecule has 5 heteroatoms.